The summed E-state index contributed by atoms with van der Waals surface area (Å²) in [5, 5.41) is 19.8. The van der Waals surface area contributed by atoms with Crippen LogP contribution in [-0.4, -0.2) is 72.7 Å². The molecule has 0 aliphatic carbocycles. The van der Waals surface area contributed by atoms with Crippen molar-refractivity contribution in [1.82, 2.24) is 24.7 Å². The van der Waals surface area contributed by atoms with E-state index in [0.29, 0.717) is 6.54 Å². The van der Waals surface area contributed by atoms with Crippen LogP contribution in [-0.2, 0) is 13.1 Å². The van der Waals surface area contributed by atoms with E-state index >= 15 is 0 Å². The van der Waals surface area contributed by atoms with Crippen LogP contribution in [0.4, 0.5) is 4.79 Å². The highest BCUT2D eigenvalue weighted by molar-refractivity contribution is 5.78. The van der Waals surface area contributed by atoms with Crippen LogP contribution in [0.15, 0.2) is 59.7 Å². The van der Waals surface area contributed by atoms with Gasteiger partial charge in [-0.25, -0.2) is 9.78 Å². The molecule has 2 amide bonds. The third kappa shape index (κ3) is 5.98. The summed E-state index contributed by atoms with van der Waals surface area (Å²) in [5.41, 5.74) is 3.56. The number of aliphatic hydroxyl groups is 1. The monoisotopic (exact) mass is 527 g/mol. The summed E-state index contributed by atoms with van der Waals surface area (Å²) in [6, 6.07) is 15.8. The number of likely N-dealkylation sites (tertiary alicyclic amines) is 1. The van der Waals surface area contributed by atoms with Crippen LogP contribution in [0.2, 0.25) is 0 Å². The summed E-state index contributed by atoms with van der Waals surface area (Å²) in [4.78, 5) is 37.0. The maximum atomic E-state index is 13.2. The summed E-state index contributed by atoms with van der Waals surface area (Å²) < 4.78 is 0. The smallest absolute Gasteiger partial charge is 0.321 e. The van der Waals surface area contributed by atoms with Gasteiger partial charge in [-0.1, -0.05) is 36.1 Å². The van der Waals surface area contributed by atoms with Gasteiger partial charge < -0.3 is 25.0 Å². The van der Waals surface area contributed by atoms with Crippen molar-refractivity contribution in [3.63, 3.8) is 0 Å². The average Bonchev–Trinajstić information content (AvgIpc) is 3.48. The Morgan fingerprint density at radius 3 is 2.28 bits per heavy atom. The number of carbonyl (C=O) groups is 1. The molecule has 2 atom stereocenters. The Labute approximate surface area is 227 Å². The Kier molecular flexibility index (Phi) is 7.68. The number of amides is 2. The van der Waals surface area contributed by atoms with Gasteiger partial charge in [-0.15, -0.1) is 0 Å². The van der Waals surface area contributed by atoms with Gasteiger partial charge in [0.1, 0.15) is 5.69 Å². The fourth-order valence-corrected chi connectivity index (χ4v) is 5.22. The highest BCUT2D eigenvalue weighted by Gasteiger charge is 2.40. The molecule has 2 saturated heterocycles. The lowest BCUT2D eigenvalue weighted by molar-refractivity contribution is 0.171. The lowest BCUT2D eigenvalue weighted by Crippen LogP contribution is -2.37. The highest BCUT2D eigenvalue weighted by atomic mass is 16.3. The van der Waals surface area contributed by atoms with Crippen molar-refractivity contribution in [3.8, 4) is 17.6 Å². The molecule has 3 heterocycles. The van der Waals surface area contributed by atoms with Gasteiger partial charge in [-0.05, 0) is 55.7 Å². The second-order valence-electron chi connectivity index (χ2n) is 10.5. The molecule has 2 aromatic carbocycles. The number of nitrogens with one attached hydrogen (secondary N) is 1. The van der Waals surface area contributed by atoms with E-state index < -0.39 is 11.3 Å². The van der Waals surface area contributed by atoms with Crippen LogP contribution in [0, 0.1) is 11.8 Å². The molecule has 9 heteroatoms. The van der Waals surface area contributed by atoms with Gasteiger partial charge in [0.05, 0.1) is 25.0 Å². The molecule has 202 valence electrons. The predicted octanol–water partition coefficient (Wildman–Crippen LogP) is 2.83. The van der Waals surface area contributed by atoms with E-state index in [1.807, 2.05) is 55.1 Å². The van der Waals surface area contributed by atoms with Crippen LogP contribution in [0.25, 0.3) is 0 Å². The summed E-state index contributed by atoms with van der Waals surface area (Å²) in [6.07, 6.45) is 1.85. The number of aromatic hydroxyl groups is 1. The van der Waals surface area contributed by atoms with Crippen molar-refractivity contribution < 1.29 is 15.0 Å². The van der Waals surface area contributed by atoms with E-state index in [1.54, 1.807) is 4.90 Å². The van der Waals surface area contributed by atoms with Crippen LogP contribution in [0.5, 0.6) is 5.75 Å². The SMILES string of the molecule is CC(C)N1C(=O)N(Cc2nc[nH]c(=O)c2O)CC1c1ccc(C#Cc2ccc(CN3CCC(O)C3)cc2)cc1. The molecular weight excluding hydrogens is 494 g/mol. The first-order chi connectivity index (χ1) is 18.8. The number of hydrogen-bond donors (Lipinski definition) is 3. The molecule has 39 heavy (non-hydrogen) atoms. The van der Waals surface area contributed by atoms with Gasteiger partial charge in [-0.3, -0.25) is 9.69 Å². The van der Waals surface area contributed by atoms with Gasteiger partial charge in [0.15, 0.2) is 0 Å². The lowest BCUT2D eigenvalue weighted by atomic mass is 10.0. The Morgan fingerprint density at radius 1 is 1.00 bits per heavy atom. The van der Waals surface area contributed by atoms with E-state index in [1.165, 1.54) is 11.9 Å². The third-order valence-electron chi connectivity index (χ3n) is 7.28. The number of rotatable bonds is 6. The van der Waals surface area contributed by atoms with Crippen LogP contribution < -0.4 is 5.56 Å². The van der Waals surface area contributed by atoms with Gasteiger partial charge in [-0.2, -0.15) is 0 Å². The molecule has 9 nitrogen and oxygen atoms in total. The van der Waals surface area contributed by atoms with Crippen LogP contribution in [0.1, 0.15) is 54.3 Å². The standard InChI is InChI=1S/C30H33N5O4/c1-20(2)35-27(18-34(30(35)39)17-26-28(37)29(38)32-19-31-26)24-11-9-22(10-12-24)4-3-21-5-7-23(8-6-21)15-33-14-13-25(36)16-33/h5-12,19-20,25,27,36-37H,13-18H2,1-2H3,(H,31,32,38). The molecule has 2 unspecified atom stereocenters. The maximum absolute atomic E-state index is 13.2. The average molecular weight is 528 g/mol. The van der Waals surface area contributed by atoms with E-state index in [2.05, 4.69) is 38.8 Å². The molecule has 2 aliphatic rings. The molecule has 2 fully saturated rings. The third-order valence-corrected chi connectivity index (χ3v) is 7.28. The number of carbonyl (C=O) groups excluding carboxylic acids is 1. The molecule has 0 spiro atoms. The van der Waals surface area contributed by atoms with Crippen molar-refractivity contribution in [1.29, 1.82) is 0 Å². The first-order valence-corrected chi connectivity index (χ1v) is 13.2. The van der Waals surface area contributed by atoms with Crippen molar-refractivity contribution in [2.24, 2.45) is 0 Å². The predicted molar refractivity (Wildman–Crippen MR) is 147 cm³/mol. The lowest BCUT2D eigenvalue weighted by Gasteiger charge is -2.27. The zero-order valence-electron chi connectivity index (χ0n) is 22.2. The van der Waals surface area contributed by atoms with Gasteiger partial charge >= 0.3 is 6.03 Å². The second kappa shape index (κ2) is 11.3. The fourth-order valence-electron chi connectivity index (χ4n) is 5.22. The highest BCUT2D eigenvalue weighted by Crippen LogP contribution is 2.33. The Morgan fingerprint density at radius 2 is 1.67 bits per heavy atom. The molecule has 1 aromatic heterocycles. The molecule has 2 aliphatic heterocycles. The number of aliphatic hydroxyl groups excluding tert-OH is 1. The molecule has 3 N–H and O–H groups in total. The zero-order valence-corrected chi connectivity index (χ0v) is 22.2. The Hall–Kier alpha value is -4.13. The molecule has 0 saturated carbocycles. The second-order valence-corrected chi connectivity index (χ2v) is 10.5. The molecular formula is C30H33N5O4. The molecule has 5 rings (SSSR count). The van der Waals surface area contributed by atoms with E-state index in [4.69, 9.17) is 0 Å². The maximum Gasteiger partial charge on any atom is 0.321 e. The summed E-state index contributed by atoms with van der Waals surface area (Å²) in [7, 11) is 0. The van der Waals surface area contributed by atoms with E-state index in [-0.39, 0.29) is 36.5 Å². The normalized spacial score (nSPS) is 19.5. The minimum atomic E-state index is -0.626. The summed E-state index contributed by atoms with van der Waals surface area (Å²) >= 11 is 0. The Bertz CT molecular complexity index is 1440. The summed E-state index contributed by atoms with van der Waals surface area (Å²) in [5.74, 6) is 5.98. The first-order valence-electron chi connectivity index (χ1n) is 13.2. The zero-order chi connectivity index (χ0) is 27.5. The number of urea groups is 1. The largest absolute Gasteiger partial charge is 0.502 e. The first kappa shape index (κ1) is 26.5. The number of aromatic nitrogens is 2. The quantitative estimate of drug-likeness (QED) is 0.425. The molecule has 3 aromatic rings. The number of β-amino-alcohol motifs (C(OH)–C–C–N with tert-alkyl or cyclic N) is 1. The van der Waals surface area contributed by atoms with Gasteiger partial charge in [0.2, 0.25) is 5.75 Å². The summed E-state index contributed by atoms with van der Waals surface area (Å²) in [6.45, 7) is 6.90. The molecule has 0 radical (unpaired) electrons. The number of hydrogen-bond acceptors (Lipinski definition) is 6. The number of H-pyrrole nitrogens is 1. The van der Waals surface area contributed by atoms with Crippen molar-refractivity contribution in [2.75, 3.05) is 19.6 Å². The van der Waals surface area contributed by atoms with Crippen molar-refractivity contribution >= 4 is 6.03 Å². The van der Waals surface area contributed by atoms with Gasteiger partial charge in [0.25, 0.3) is 5.56 Å². The molecule has 0 bridgehead atoms. The topological polar surface area (TPSA) is 113 Å². The number of benzene rings is 2. The van der Waals surface area contributed by atoms with E-state index in [9.17, 15) is 19.8 Å². The Balaban J connectivity index is 1.26. The minimum absolute atomic E-state index is 0.0359. The van der Waals surface area contributed by atoms with Gasteiger partial charge in [0, 0.05) is 43.3 Å². The van der Waals surface area contributed by atoms with Crippen LogP contribution in [0.3, 0.4) is 0 Å². The number of aromatic amines is 1. The van der Waals surface area contributed by atoms with E-state index in [0.717, 1.165) is 42.7 Å². The fraction of sp³-hybridized carbons (Fsp3) is 0.367. The van der Waals surface area contributed by atoms with Crippen LogP contribution >= 0.6 is 0 Å². The van der Waals surface area contributed by atoms with Crippen molar-refractivity contribution in [2.45, 2.75) is 51.5 Å². The number of nitrogens with zero attached hydrogens (tertiary/aromatic N) is 4. The minimum Gasteiger partial charge on any atom is -0.502 e. The van der Waals surface area contributed by atoms with Crippen molar-refractivity contribution in [3.05, 3.63) is 93.2 Å².